The standard InChI is InChI=1S/C20H21BrN2O3/c1-13(26-18-9-7-16(21)8-10-18)19(24)22-12-14-3-2-4-17(11-14)23-20(25)15-5-6-15/h2-4,7-11,13,15H,5-6,12H2,1H3,(H,22,24)(H,23,25)/t13-/m1/s1. The Labute approximate surface area is 161 Å². The van der Waals surface area contributed by atoms with Crippen LogP contribution in [0.2, 0.25) is 0 Å². The second-order valence-electron chi connectivity index (χ2n) is 6.40. The predicted octanol–water partition coefficient (Wildman–Crippen LogP) is 3.88. The Morgan fingerprint density at radius 3 is 2.62 bits per heavy atom. The van der Waals surface area contributed by atoms with Crippen LogP contribution in [0.3, 0.4) is 0 Å². The summed E-state index contributed by atoms with van der Waals surface area (Å²) in [5.41, 5.74) is 1.68. The molecule has 1 atom stereocenters. The highest BCUT2D eigenvalue weighted by Gasteiger charge is 2.29. The third-order valence-electron chi connectivity index (χ3n) is 4.11. The second kappa shape index (κ2) is 8.36. The second-order valence-corrected chi connectivity index (χ2v) is 7.31. The fourth-order valence-electron chi connectivity index (χ4n) is 2.45. The maximum absolute atomic E-state index is 12.2. The first-order valence-corrected chi connectivity index (χ1v) is 9.40. The largest absolute Gasteiger partial charge is 0.481 e. The summed E-state index contributed by atoms with van der Waals surface area (Å²) in [5, 5.41) is 5.77. The first kappa shape index (κ1) is 18.5. The van der Waals surface area contributed by atoms with E-state index in [1.54, 1.807) is 19.1 Å². The Morgan fingerprint density at radius 1 is 1.19 bits per heavy atom. The minimum atomic E-state index is -0.603. The topological polar surface area (TPSA) is 67.4 Å². The molecule has 26 heavy (non-hydrogen) atoms. The van der Waals surface area contributed by atoms with Crippen LogP contribution in [0.4, 0.5) is 5.69 Å². The summed E-state index contributed by atoms with van der Waals surface area (Å²) in [7, 11) is 0. The number of hydrogen-bond donors (Lipinski definition) is 2. The van der Waals surface area contributed by atoms with Crippen LogP contribution in [0.25, 0.3) is 0 Å². The monoisotopic (exact) mass is 416 g/mol. The molecule has 0 aromatic heterocycles. The van der Waals surface area contributed by atoms with Crippen LogP contribution in [0, 0.1) is 5.92 Å². The molecule has 0 aliphatic heterocycles. The number of benzene rings is 2. The number of rotatable bonds is 7. The van der Waals surface area contributed by atoms with Gasteiger partial charge in [0.1, 0.15) is 5.75 Å². The van der Waals surface area contributed by atoms with Crippen molar-refractivity contribution in [1.82, 2.24) is 5.32 Å². The summed E-state index contributed by atoms with van der Waals surface area (Å²) in [6, 6.07) is 14.8. The van der Waals surface area contributed by atoms with Crippen LogP contribution in [0.15, 0.2) is 53.0 Å². The molecule has 2 N–H and O–H groups in total. The van der Waals surface area contributed by atoms with Gasteiger partial charge in [0.2, 0.25) is 5.91 Å². The van der Waals surface area contributed by atoms with Crippen molar-refractivity contribution in [3.05, 3.63) is 58.6 Å². The van der Waals surface area contributed by atoms with Gasteiger partial charge < -0.3 is 15.4 Å². The Bertz CT molecular complexity index is 788. The summed E-state index contributed by atoms with van der Waals surface area (Å²) in [6.07, 6.45) is 1.34. The highest BCUT2D eigenvalue weighted by Crippen LogP contribution is 2.30. The molecular formula is C20H21BrN2O3. The summed E-state index contributed by atoms with van der Waals surface area (Å²) in [6.45, 7) is 2.09. The molecular weight excluding hydrogens is 396 g/mol. The molecule has 0 heterocycles. The van der Waals surface area contributed by atoms with Gasteiger partial charge in [-0.25, -0.2) is 0 Å². The van der Waals surface area contributed by atoms with Gasteiger partial charge in [-0.2, -0.15) is 0 Å². The minimum Gasteiger partial charge on any atom is -0.481 e. The van der Waals surface area contributed by atoms with Gasteiger partial charge in [0.25, 0.3) is 5.91 Å². The molecule has 6 heteroatoms. The van der Waals surface area contributed by atoms with E-state index in [0.717, 1.165) is 28.6 Å². The molecule has 0 radical (unpaired) electrons. The normalized spacial score (nSPS) is 14.4. The van der Waals surface area contributed by atoms with E-state index in [1.807, 2.05) is 36.4 Å². The van der Waals surface area contributed by atoms with Crippen molar-refractivity contribution < 1.29 is 14.3 Å². The lowest BCUT2D eigenvalue weighted by Gasteiger charge is -2.15. The minimum absolute atomic E-state index is 0.0719. The number of ether oxygens (including phenoxy) is 1. The maximum atomic E-state index is 12.2. The van der Waals surface area contributed by atoms with Crippen LogP contribution in [0.5, 0.6) is 5.75 Å². The lowest BCUT2D eigenvalue weighted by molar-refractivity contribution is -0.127. The van der Waals surface area contributed by atoms with E-state index in [9.17, 15) is 9.59 Å². The highest BCUT2D eigenvalue weighted by molar-refractivity contribution is 9.10. The van der Waals surface area contributed by atoms with E-state index in [2.05, 4.69) is 26.6 Å². The third kappa shape index (κ3) is 5.33. The predicted molar refractivity (Wildman–Crippen MR) is 104 cm³/mol. The fourth-order valence-corrected chi connectivity index (χ4v) is 2.72. The molecule has 0 saturated heterocycles. The van der Waals surface area contributed by atoms with Gasteiger partial charge in [-0.3, -0.25) is 9.59 Å². The maximum Gasteiger partial charge on any atom is 0.261 e. The molecule has 2 aromatic carbocycles. The van der Waals surface area contributed by atoms with Crippen molar-refractivity contribution in [3.8, 4) is 5.75 Å². The molecule has 0 bridgehead atoms. The van der Waals surface area contributed by atoms with Crippen molar-refractivity contribution in [3.63, 3.8) is 0 Å². The number of hydrogen-bond acceptors (Lipinski definition) is 3. The quantitative estimate of drug-likeness (QED) is 0.719. The van der Waals surface area contributed by atoms with Crippen LogP contribution >= 0.6 is 15.9 Å². The van der Waals surface area contributed by atoms with E-state index in [-0.39, 0.29) is 17.7 Å². The smallest absolute Gasteiger partial charge is 0.261 e. The SMILES string of the molecule is C[C@@H](Oc1ccc(Br)cc1)C(=O)NCc1cccc(NC(=O)C2CC2)c1. The Balaban J connectivity index is 1.50. The van der Waals surface area contributed by atoms with Gasteiger partial charge >= 0.3 is 0 Å². The number of amides is 2. The molecule has 0 spiro atoms. The Morgan fingerprint density at radius 2 is 1.92 bits per heavy atom. The summed E-state index contributed by atoms with van der Waals surface area (Å²) in [4.78, 5) is 24.1. The van der Waals surface area contributed by atoms with E-state index in [4.69, 9.17) is 4.74 Å². The number of anilines is 1. The van der Waals surface area contributed by atoms with E-state index >= 15 is 0 Å². The van der Waals surface area contributed by atoms with Crippen molar-refractivity contribution in [1.29, 1.82) is 0 Å². The molecule has 136 valence electrons. The Kier molecular flexibility index (Phi) is 5.93. The average molecular weight is 417 g/mol. The fraction of sp³-hybridized carbons (Fsp3) is 0.300. The lowest BCUT2D eigenvalue weighted by atomic mass is 10.2. The van der Waals surface area contributed by atoms with Gasteiger partial charge in [-0.15, -0.1) is 0 Å². The van der Waals surface area contributed by atoms with Crippen LogP contribution in [0.1, 0.15) is 25.3 Å². The number of carbonyl (C=O) groups excluding carboxylic acids is 2. The molecule has 2 amide bonds. The van der Waals surface area contributed by atoms with E-state index in [1.165, 1.54) is 0 Å². The zero-order valence-electron chi connectivity index (χ0n) is 14.5. The number of nitrogens with one attached hydrogen (secondary N) is 2. The van der Waals surface area contributed by atoms with Gasteiger partial charge in [-0.1, -0.05) is 28.1 Å². The van der Waals surface area contributed by atoms with Gasteiger partial charge in [0, 0.05) is 22.6 Å². The van der Waals surface area contributed by atoms with Crippen LogP contribution < -0.4 is 15.4 Å². The highest BCUT2D eigenvalue weighted by atomic mass is 79.9. The average Bonchev–Trinajstić information content (AvgIpc) is 3.47. The number of carbonyl (C=O) groups is 2. The summed E-state index contributed by atoms with van der Waals surface area (Å²) >= 11 is 3.36. The summed E-state index contributed by atoms with van der Waals surface area (Å²) in [5.74, 6) is 0.679. The van der Waals surface area contributed by atoms with E-state index < -0.39 is 6.10 Å². The molecule has 1 aliphatic carbocycles. The molecule has 0 unspecified atom stereocenters. The van der Waals surface area contributed by atoms with Crippen molar-refractivity contribution in [2.45, 2.75) is 32.4 Å². The molecule has 2 aromatic rings. The van der Waals surface area contributed by atoms with Gasteiger partial charge in [-0.05, 0) is 61.7 Å². The van der Waals surface area contributed by atoms with Crippen molar-refractivity contribution in [2.75, 3.05) is 5.32 Å². The van der Waals surface area contributed by atoms with Crippen LogP contribution in [-0.4, -0.2) is 17.9 Å². The van der Waals surface area contributed by atoms with Gasteiger partial charge in [0.15, 0.2) is 6.10 Å². The molecule has 1 aliphatic rings. The molecule has 1 fully saturated rings. The first-order valence-electron chi connectivity index (χ1n) is 8.61. The summed E-state index contributed by atoms with van der Waals surface area (Å²) < 4.78 is 6.59. The molecule has 3 rings (SSSR count). The molecule has 5 nitrogen and oxygen atoms in total. The molecule has 1 saturated carbocycles. The van der Waals surface area contributed by atoms with Crippen LogP contribution in [-0.2, 0) is 16.1 Å². The zero-order valence-corrected chi connectivity index (χ0v) is 16.1. The third-order valence-corrected chi connectivity index (χ3v) is 4.63. The zero-order chi connectivity index (χ0) is 18.5. The van der Waals surface area contributed by atoms with Crippen molar-refractivity contribution >= 4 is 33.4 Å². The van der Waals surface area contributed by atoms with E-state index in [0.29, 0.717) is 12.3 Å². The van der Waals surface area contributed by atoms with Crippen molar-refractivity contribution in [2.24, 2.45) is 5.92 Å². The lowest BCUT2D eigenvalue weighted by Crippen LogP contribution is -2.35. The Hall–Kier alpha value is -2.34. The first-order chi connectivity index (χ1) is 12.5. The number of halogens is 1. The van der Waals surface area contributed by atoms with Gasteiger partial charge in [0.05, 0.1) is 0 Å².